The van der Waals surface area contributed by atoms with Crippen molar-refractivity contribution in [3.63, 3.8) is 0 Å². The van der Waals surface area contributed by atoms with Gasteiger partial charge in [0, 0.05) is 43.7 Å². The minimum Gasteiger partial charge on any atom is -0.368 e. The Bertz CT molecular complexity index is 1840. The average Bonchev–Trinajstić information content (AvgIpc) is 3.36. The molecule has 0 bridgehead atoms. The van der Waals surface area contributed by atoms with Gasteiger partial charge in [0.1, 0.15) is 11.4 Å². The van der Waals surface area contributed by atoms with Crippen LogP contribution in [-0.2, 0) is 19.5 Å². The van der Waals surface area contributed by atoms with Crippen molar-refractivity contribution in [3.8, 4) is 5.82 Å². The van der Waals surface area contributed by atoms with Crippen molar-refractivity contribution in [2.24, 2.45) is 0 Å². The van der Waals surface area contributed by atoms with E-state index in [1.807, 2.05) is 38.4 Å². The summed E-state index contributed by atoms with van der Waals surface area (Å²) in [4.78, 5) is 44.6. The van der Waals surface area contributed by atoms with Crippen LogP contribution in [0.3, 0.4) is 0 Å². The van der Waals surface area contributed by atoms with Gasteiger partial charge in [0.2, 0.25) is 11.9 Å². The number of hydrogen-bond donors (Lipinski definition) is 3. The molecule has 2 aromatic carbocycles. The van der Waals surface area contributed by atoms with E-state index in [2.05, 4.69) is 40.6 Å². The van der Waals surface area contributed by atoms with Crippen molar-refractivity contribution in [3.05, 3.63) is 112 Å². The Balaban J connectivity index is 1.20. The van der Waals surface area contributed by atoms with Crippen LogP contribution in [0, 0.1) is 11.6 Å². The molecule has 226 valence electrons. The molecule has 0 saturated carbocycles. The Kier molecular flexibility index (Phi) is 8.95. The molecule has 5 rings (SSSR count). The van der Waals surface area contributed by atoms with Crippen molar-refractivity contribution in [2.45, 2.75) is 19.5 Å². The molecular formula is C29H29F2N11O2. The number of anilines is 3. The van der Waals surface area contributed by atoms with Gasteiger partial charge in [-0.3, -0.25) is 14.2 Å². The molecule has 0 unspecified atom stereocenters. The van der Waals surface area contributed by atoms with E-state index < -0.39 is 23.1 Å². The van der Waals surface area contributed by atoms with Crippen LogP contribution in [0.1, 0.15) is 27.3 Å². The largest absolute Gasteiger partial charge is 0.368 e. The third-order valence-electron chi connectivity index (χ3n) is 6.37. The Morgan fingerprint density at radius 2 is 1.80 bits per heavy atom. The molecule has 0 spiro atoms. The molecule has 15 heteroatoms. The summed E-state index contributed by atoms with van der Waals surface area (Å²) in [5.74, 6) is -1.49. The van der Waals surface area contributed by atoms with E-state index in [0.717, 1.165) is 35.1 Å². The summed E-state index contributed by atoms with van der Waals surface area (Å²) >= 11 is 0. The van der Waals surface area contributed by atoms with Gasteiger partial charge < -0.3 is 21.3 Å². The number of nitrogens with zero attached hydrogens (tertiary/aromatic N) is 8. The summed E-state index contributed by atoms with van der Waals surface area (Å²) in [5, 5.41) is 10.2. The lowest BCUT2D eigenvalue weighted by Crippen LogP contribution is -2.34. The maximum atomic E-state index is 13.6. The van der Waals surface area contributed by atoms with E-state index in [9.17, 15) is 18.4 Å². The maximum absolute atomic E-state index is 13.6. The van der Waals surface area contributed by atoms with Crippen LogP contribution in [0.4, 0.5) is 26.4 Å². The standard InChI is InChI=1S/C29H29F2N11O2/c1-40(2)15-18-3-6-20(7-4-18)36-29-38-28(32)42(39-29)25-10-12-34-24(37-25)9-11-35-26(43)21-14-33-17-41(27(21)44)16-19-5-8-22(30)23(31)13-19/h3-8,10,12-14,17H,9,11,15-16H2,1-2H3,(H,35,43)(H3,32,36,38,39). The van der Waals surface area contributed by atoms with Crippen LogP contribution in [0.5, 0.6) is 0 Å². The van der Waals surface area contributed by atoms with Gasteiger partial charge in [-0.15, -0.1) is 5.10 Å². The highest BCUT2D eigenvalue weighted by Gasteiger charge is 2.15. The molecule has 3 aromatic heterocycles. The minimum atomic E-state index is -1.03. The normalized spacial score (nSPS) is 11.1. The summed E-state index contributed by atoms with van der Waals surface area (Å²) in [6.45, 7) is 0.852. The molecule has 0 aliphatic heterocycles. The fourth-order valence-electron chi connectivity index (χ4n) is 4.30. The second kappa shape index (κ2) is 13.2. The number of carbonyl (C=O) groups excluding carboxylic acids is 1. The summed E-state index contributed by atoms with van der Waals surface area (Å²) < 4.78 is 29.3. The molecule has 0 aliphatic carbocycles. The van der Waals surface area contributed by atoms with Crippen LogP contribution < -0.4 is 21.9 Å². The molecule has 44 heavy (non-hydrogen) atoms. The second-order valence-electron chi connectivity index (χ2n) is 10.1. The predicted octanol–water partition coefficient (Wildman–Crippen LogP) is 2.30. The van der Waals surface area contributed by atoms with Gasteiger partial charge in [0.25, 0.3) is 11.5 Å². The first-order valence-electron chi connectivity index (χ1n) is 13.5. The van der Waals surface area contributed by atoms with E-state index in [1.54, 1.807) is 6.07 Å². The lowest BCUT2D eigenvalue weighted by atomic mass is 10.2. The number of benzene rings is 2. The number of halogens is 2. The van der Waals surface area contributed by atoms with Crippen molar-refractivity contribution in [1.82, 2.24) is 44.5 Å². The second-order valence-corrected chi connectivity index (χ2v) is 10.1. The molecule has 0 radical (unpaired) electrons. The number of amides is 1. The number of hydrogen-bond acceptors (Lipinski definition) is 10. The topological polar surface area (TPSA) is 162 Å². The van der Waals surface area contributed by atoms with Gasteiger partial charge in [0.05, 0.1) is 12.9 Å². The molecular weight excluding hydrogens is 572 g/mol. The Hall–Kier alpha value is -5.57. The van der Waals surface area contributed by atoms with E-state index >= 15 is 0 Å². The zero-order chi connectivity index (χ0) is 31.2. The molecule has 0 saturated heterocycles. The highest BCUT2D eigenvalue weighted by Crippen LogP contribution is 2.18. The van der Waals surface area contributed by atoms with Crippen LogP contribution in [0.25, 0.3) is 5.82 Å². The quantitative estimate of drug-likeness (QED) is 0.205. The third kappa shape index (κ3) is 7.25. The van der Waals surface area contributed by atoms with E-state index in [-0.39, 0.29) is 31.0 Å². The van der Waals surface area contributed by atoms with Crippen LogP contribution >= 0.6 is 0 Å². The van der Waals surface area contributed by atoms with Crippen molar-refractivity contribution < 1.29 is 13.6 Å². The minimum absolute atomic E-state index is 0.0868. The van der Waals surface area contributed by atoms with Gasteiger partial charge in [-0.2, -0.15) is 9.67 Å². The third-order valence-corrected chi connectivity index (χ3v) is 6.37. The summed E-state index contributed by atoms with van der Waals surface area (Å²) in [6.07, 6.45) is 4.14. The highest BCUT2D eigenvalue weighted by atomic mass is 19.2. The molecule has 0 aliphatic rings. The van der Waals surface area contributed by atoms with Crippen molar-refractivity contribution in [2.75, 3.05) is 31.7 Å². The number of nitrogens with one attached hydrogen (secondary N) is 2. The SMILES string of the molecule is CN(C)Cc1ccc(Nc2nc(N)n(-c3ccnc(CCNC(=O)c4cncn(Cc5ccc(F)c(F)c5)c4=O)n3)n2)cc1. The fraction of sp³-hybridized carbons (Fsp3) is 0.207. The lowest BCUT2D eigenvalue weighted by Gasteiger charge is -2.10. The Labute approximate surface area is 250 Å². The molecule has 1 amide bonds. The fourth-order valence-corrected chi connectivity index (χ4v) is 4.30. The number of carbonyl (C=O) groups is 1. The molecule has 0 atom stereocenters. The van der Waals surface area contributed by atoms with Crippen LogP contribution in [0.15, 0.2) is 72.0 Å². The van der Waals surface area contributed by atoms with E-state index in [1.165, 1.54) is 28.8 Å². The van der Waals surface area contributed by atoms with Crippen molar-refractivity contribution in [1.29, 1.82) is 0 Å². The highest BCUT2D eigenvalue weighted by molar-refractivity contribution is 5.93. The predicted molar refractivity (Wildman–Crippen MR) is 158 cm³/mol. The van der Waals surface area contributed by atoms with Crippen LogP contribution in [0.2, 0.25) is 0 Å². The Morgan fingerprint density at radius 1 is 1.02 bits per heavy atom. The summed E-state index contributed by atoms with van der Waals surface area (Å²) in [5.41, 5.74) is 7.58. The van der Waals surface area contributed by atoms with Gasteiger partial charge >= 0.3 is 0 Å². The molecule has 3 heterocycles. The first-order valence-corrected chi connectivity index (χ1v) is 13.5. The Morgan fingerprint density at radius 3 is 2.55 bits per heavy atom. The van der Waals surface area contributed by atoms with Crippen LogP contribution in [-0.4, -0.2) is 65.7 Å². The van der Waals surface area contributed by atoms with Crippen molar-refractivity contribution >= 4 is 23.5 Å². The molecule has 0 fully saturated rings. The van der Waals surface area contributed by atoms with Gasteiger partial charge in [-0.25, -0.2) is 23.7 Å². The smallest absolute Gasteiger partial charge is 0.266 e. The van der Waals surface area contributed by atoms with Gasteiger partial charge in [-0.05, 0) is 49.5 Å². The lowest BCUT2D eigenvalue weighted by molar-refractivity contribution is 0.0951. The average molecular weight is 602 g/mol. The summed E-state index contributed by atoms with van der Waals surface area (Å²) in [7, 11) is 4.01. The number of nitrogen functional groups attached to an aromatic ring is 1. The monoisotopic (exact) mass is 601 g/mol. The first-order chi connectivity index (χ1) is 21.2. The number of aromatic nitrogens is 7. The van der Waals surface area contributed by atoms with E-state index in [4.69, 9.17) is 5.73 Å². The summed E-state index contributed by atoms with van der Waals surface area (Å²) in [6, 6.07) is 12.8. The zero-order valence-corrected chi connectivity index (χ0v) is 23.9. The van der Waals surface area contributed by atoms with E-state index in [0.29, 0.717) is 23.2 Å². The maximum Gasteiger partial charge on any atom is 0.266 e. The van der Waals surface area contributed by atoms with Gasteiger partial charge in [-0.1, -0.05) is 18.2 Å². The number of rotatable bonds is 11. The number of nitrogens with two attached hydrogens (primary N) is 1. The first kappa shape index (κ1) is 29.9. The molecule has 5 aromatic rings. The molecule has 13 nitrogen and oxygen atoms in total. The van der Waals surface area contributed by atoms with Gasteiger partial charge in [0.15, 0.2) is 17.5 Å². The zero-order valence-electron chi connectivity index (χ0n) is 23.9. The molecule has 4 N–H and O–H groups in total.